The topological polar surface area (TPSA) is 98.3 Å². The molecule has 166 valence electrons. The van der Waals surface area contributed by atoms with Gasteiger partial charge in [0.2, 0.25) is 15.9 Å². The van der Waals surface area contributed by atoms with Crippen LogP contribution in [0.2, 0.25) is 0 Å². The molecular formula is C23H24N4O3S2. The Kier molecular flexibility index (Phi) is 6.23. The molecule has 7 nitrogen and oxygen atoms in total. The van der Waals surface area contributed by atoms with Crippen molar-refractivity contribution < 1.29 is 13.2 Å². The van der Waals surface area contributed by atoms with E-state index >= 15 is 0 Å². The summed E-state index contributed by atoms with van der Waals surface area (Å²) in [6.45, 7) is 5.13. The van der Waals surface area contributed by atoms with Crippen molar-refractivity contribution in [2.75, 3.05) is 17.2 Å². The van der Waals surface area contributed by atoms with Crippen LogP contribution >= 0.6 is 11.8 Å². The fourth-order valence-corrected chi connectivity index (χ4v) is 5.30. The Morgan fingerprint density at radius 1 is 1.09 bits per heavy atom. The summed E-state index contributed by atoms with van der Waals surface area (Å²) in [5.41, 5.74) is 2.23. The summed E-state index contributed by atoms with van der Waals surface area (Å²) in [6, 6.07) is 18.6. The van der Waals surface area contributed by atoms with Gasteiger partial charge in [0.05, 0.1) is 27.4 Å². The average molecular weight is 469 g/mol. The van der Waals surface area contributed by atoms with E-state index in [1.165, 1.54) is 23.9 Å². The zero-order valence-corrected chi connectivity index (χ0v) is 19.5. The highest BCUT2D eigenvalue weighted by Gasteiger charge is 2.19. The molecule has 9 heteroatoms. The van der Waals surface area contributed by atoms with Gasteiger partial charge in [0.15, 0.2) is 5.16 Å². The molecule has 4 aromatic rings. The third-order valence-corrected chi connectivity index (χ3v) is 7.20. The first-order valence-electron chi connectivity index (χ1n) is 10.3. The average Bonchev–Trinajstić information content (AvgIpc) is 3.14. The van der Waals surface area contributed by atoms with Crippen LogP contribution in [0.4, 0.5) is 5.69 Å². The quantitative estimate of drug-likeness (QED) is 0.413. The number of carbonyl (C=O) groups is 1. The number of carbonyl (C=O) groups excluding carboxylic acids is 1. The van der Waals surface area contributed by atoms with E-state index in [9.17, 15) is 13.2 Å². The van der Waals surface area contributed by atoms with E-state index in [0.717, 1.165) is 22.0 Å². The molecule has 0 aliphatic rings. The number of aromatic nitrogens is 2. The van der Waals surface area contributed by atoms with Crippen molar-refractivity contribution in [2.24, 2.45) is 5.14 Å². The maximum Gasteiger partial charge on any atom is 0.238 e. The zero-order chi connectivity index (χ0) is 22.9. The minimum absolute atomic E-state index is 0.0196. The minimum Gasteiger partial charge on any atom is -0.319 e. The molecule has 0 bridgehead atoms. The number of aryl methyl sites for hydroxylation is 1. The molecule has 1 amide bonds. The molecule has 0 saturated carbocycles. The second-order valence-corrected chi connectivity index (χ2v) is 9.76. The van der Waals surface area contributed by atoms with E-state index in [0.29, 0.717) is 23.8 Å². The zero-order valence-electron chi connectivity index (χ0n) is 17.9. The number of anilines is 1. The number of amides is 1. The number of fused-ring (bicyclic) bond motifs is 2. The second-order valence-electron chi connectivity index (χ2n) is 7.26. The summed E-state index contributed by atoms with van der Waals surface area (Å²) in [5, 5.41) is 8.03. The lowest BCUT2D eigenvalue weighted by atomic mass is 10.1. The summed E-state index contributed by atoms with van der Waals surface area (Å²) in [4.78, 5) is 19.5. The normalized spacial score (nSPS) is 11.8. The molecular weight excluding hydrogens is 444 g/mol. The Morgan fingerprint density at radius 2 is 1.84 bits per heavy atom. The Balaban J connectivity index is 1.61. The van der Waals surface area contributed by atoms with E-state index in [1.807, 2.05) is 60.9 Å². The fourth-order valence-electron chi connectivity index (χ4n) is 3.81. The highest BCUT2D eigenvalue weighted by Crippen LogP contribution is 2.29. The van der Waals surface area contributed by atoms with Crippen LogP contribution in [0.15, 0.2) is 70.7 Å². The van der Waals surface area contributed by atoms with Crippen LogP contribution in [0, 0.1) is 0 Å². The van der Waals surface area contributed by atoms with Gasteiger partial charge >= 0.3 is 0 Å². The first-order chi connectivity index (χ1) is 15.3. The van der Waals surface area contributed by atoms with Crippen LogP contribution in [0.3, 0.4) is 0 Å². The van der Waals surface area contributed by atoms with E-state index < -0.39 is 10.0 Å². The molecule has 1 heterocycles. The third-order valence-electron chi connectivity index (χ3n) is 5.33. The van der Waals surface area contributed by atoms with Gasteiger partial charge in [-0.05, 0) is 43.5 Å². The number of sulfonamides is 1. The van der Waals surface area contributed by atoms with Crippen molar-refractivity contribution in [3.8, 4) is 0 Å². The van der Waals surface area contributed by atoms with Crippen LogP contribution in [0.5, 0.6) is 0 Å². The molecule has 3 aromatic carbocycles. The number of nitrogens with two attached hydrogens (primary N) is 1. The molecule has 0 atom stereocenters. The van der Waals surface area contributed by atoms with Crippen LogP contribution in [-0.4, -0.2) is 36.2 Å². The van der Waals surface area contributed by atoms with Crippen molar-refractivity contribution >= 4 is 55.2 Å². The summed E-state index contributed by atoms with van der Waals surface area (Å²) < 4.78 is 25.3. The Labute approximate surface area is 191 Å². The van der Waals surface area contributed by atoms with E-state index in [1.54, 1.807) is 11.0 Å². The molecule has 32 heavy (non-hydrogen) atoms. The summed E-state index contributed by atoms with van der Waals surface area (Å²) in [5.74, 6) is 0.191. The molecule has 0 radical (unpaired) electrons. The van der Waals surface area contributed by atoms with Gasteiger partial charge in [-0.15, -0.1) is 0 Å². The Bertz CT molecular complexity index is 1410. The monoisotopic (exact) mass is 468 g/mol. The van der Waals surface area contributed by atoms with Crippen molar-refractivity contribution in [3.63, 3.8) is 0 Å². The number of primary sulfonamides is 1. The SMILES string of the molecule is CCN(C(=O)CSc1nc2cc(S(N)(=O)=O)ccc2n1CC)c1cccc2ccccc12. The van der Waals surface area contributed by atoms with Crippen molar-refractivity contribution in [1.29, 1.82) is 0 Å². The summed E-state index contributed by atoms with van der Waals surface area (Å²) in [6.07, 6.45) is 0. The summed E-state index contributed by atoms with van der Waals surface area (Å²) >= 11 is 1.34. The number of benzene rings is 3. The molecule has 0 aliphatic heterocycles. The van der Waals surface area contributed by atoms with Gasteiger partial charge in [-0.25, -0.2) is 18.5 Å². The van der Waals surface area contributed by atoms with Crippen LogP contribution in [0.1, 0.15) is 13.8 Å². The Hall–Kier alpha value is -2.88. The van der Waals surface area contributed by atoms with Crippen molar-refractivity contribution in [2.45, 2.75) is 30.4 Å². The lowest BCUT2D eigenvalue weighted by Gasteiger charge is -2.22. The minimum atomic E-state index is -3.81. The van der Waals surface area contributed by atoms with Crippen LogP contribution in [0.25, 0.3) is 21.8 Å². The molecule has 2 N–H and O–H groups in total. The van der Waals surface area contributed by atoms with Gasteiger partial charge in [0.25, 0.3) is 0 Å². The fraction of sp³-hybridized carbons (Fsp3) is 0.217. The number of rotatable bonds is 7. The van der Waals surface area contributed by atoms with Gasteiger partial charge in [0.1, 0.15) is 0 Å². The predicted molar refractivity (Wildman–Crippen MR) is 129 cm³/mol. The molecule has 0 unspecified atom stereocenters. The smallest absolute Gasteiger partial charge is 0.238 e. The van der Waals surface area contributed by atoms with Gasteiger partial charge in [-0.3, -0.25) is 4.79 Å². The largest absolute Gasteiger partial charge is 0.319 e. The summed E-state index contributed by atoms with van der Waals surface area (Å²) in [7, 11) is -3.81. The van der Waals surface area contributed by atoms with Crippen molar-refractivity contribution in [1.82, 2.24) is 9.55 Å². The number of hydrogen-bond donors (Lipinski definition) is 1. The lowest BCUT2D eigenvalue weighted by Crippen LogP contribution is -2.32. The molecule has 0 saturated heterocycles. The van der Waals surface area contributed by atoms with Gasteiger partial charge in [0, 0.05) is 18.5 Å². The molecule has 1 aromatic heterocycles. The second kappa shape index (κ2) is 8.93. The molecule has 0 fully saturated rings. The Morgan fingerprint density at radius 3 is 2.56 bits per heavy atom. The first-order valence-corrected chi connectivity index (χ1v) is 12.8. The van der Waals surface area contributed by atoms with E-state index in [2.05, 4.69) is 4.98 Å². The van der Waals surface area contributed by atoms with Gasteiger partial charge in [-0.1, -0.05) is 48.2 Å². The third kappa shape index (κ3) is 4.23. The predicted octanol–water partition coefficient (Wildman–Crippen LogP) is 4.00. The first kappa shape index (κ1) is 22.3. The maximum absolute atomic E-state index is 13.2. The van der Waals surface area contributed by atoms with Gasteiger partial charge < -0.3 is 9.47 Å². The highest BCUT2D eigenvalue weighted by atomic mass is 32.2. The molecule has 0 aliphatic carbocycles. The van der Waals surface area contributed by atoms with Gasteiger partial charge in [-0.2, -0.15) is 0 Å². The number of hydrogen-bond acceptors (Lipinski definition) is 5. The lowest BCUT2D eigenvalue weighted by molar-refractivity contribution is -0.116. The standard InChI is InChI=1S/C23H24N4O3S2/c1-3-26(20-11-7-9-16-8-5-6-10-18(16)20)22(28)15-31-23-25-19-14-17(32(24,29)30)12-13-21(19)27(23)4-2/h5-14H,3-4,15H2,1-2H3,(H2,24,29,30). The van der Waals surface area contributed by atoms with E-state index in [4.69, 9.17) is 5.14 Å². The number of thioether (sulfide) groups is 1. The highest BCUT2D eigenvalue weighted by molar-refractivity contribution is 7.99. The van der Waals surface area contributed by atoms with Crippen LogP contribution < -0.4 is 10.0 Å². The number of nitrogens with zero attached hydrogens (tertiary/aromatic N) is 3. The van der Waals surface area contributed by atoms with E-state index in [-0.39, 0.29) is 16.6 Å². The maximum atomic E-state index is 13.2. The molecule has 4 rings (SSSR count). The van der Waals surface area contributed by atoms with Crippen LogP contribution in [-0.2, 0) is 21.4 Å². The van der Waals surface area contributed by atoms with Crippen molar-refractivity contribution in [3.05, 3.63) is 60.7 Å². The molecule has 0 spiro atoms. The number of imidazole rings is 1.